The highest BCUT2D eigenvalue weighted by atomic mass is 15.2. The van der Waals surface area contributed by atoms with E-state index in [1.807, 2.05) is 0 Å². The molecular formula is C25H32N2. The summed E-state index contributed by atoms with van der Waals surface area (Å²) in [4.78, 5) is 2.62. The van der Waals surface area contributed by atoms with E-state index in [1.165, 1.54) is 33.2 Å². The average Bonchev–Trinajstić information content (AvgIpc) is 2.93. The maximum Gasteiger partial charge on any atom is 0.0491 e. The quantitative estimate of drug-likeness (QED) is 0.590. The topological polar surface area (TPSA) is 8.17 Å². The summed E-state index contributed by atoms with van der Waals surface area (Å²) in [7, 11) is 0. The van der Waals surface area contributed by atoms with Crippen molar-refractivity contribution in [2.24, 2.45) is 0 Å². The van der Waals surface area contributed by atoms with E-state index in [4.69, 9.17) is 0 Å². The molecule has 0 fully saturated rings. The number of aromatic nitrogens is 1. The molecular weight excluding hydrogens is 328 g/mol. The molecule has 2 heterocycles. The van der Waals surface area contributed by atoms with Crippen molar-refractivity contribution < 1.29 is 0 Å². The van der Waals surface area contributed by atoms with Gasteiger partial charge in [-0.15, -0.1) is 0 Å². The number of likely N-dealkylation sites (N-methyl/N-ethyl adjacent to an activating group) is 1. The Hall–Kier alpha value is -2.06. The zero-order chi connectivity index (χ0) is 19.1. The van der Waals surface area contributed by atoms with Crippen molar-refractivity contribution in [3.63, 3.8) is 0 Å². The van der Waals surface area contributed by atoms with Crippen molar-refractivity contribution in [3.05, 3.63) is 69.9 Å². The molecule has 2 heteroatoms. The molecule has 0 bridgehead atoms. The van der Waals surface area contributed by atoms with Crippen LogP contribution in [0.1, 0.15) is 47.4 Å². The van der Waals surface area contributed by atoms with Gasteiger partial charge in [0.25, 0.3) is 0 Å². The summed E-state index contributed by atoms with van der Waals surface area (Å²) < 4.78 is 2.64. The zero-order valence-electron chi connectivity index (χ0n) is 17.5. The number of rotatable bonds is 4. The number of benzene rings is 2. The maximum absolute atomic E-state index is 2.64. The molecule has 2 aromatic carbocycles. The van der Waals surface area contributed by atoms with Gasteiger partial charge in [-0.25, -0.2) is 0 Å². The highest BCUT2D eigenvalue weighted by Gasteiger charge is 2.28. The minimum atomic E-state index is 0.616. The predicted octanol–water partition coefficient (Wildman–Crippen LogP) is 5.58. The third-order valence-electron chi connectivity index (χ3n) is 6.47. The van der Waals surface area contributed by atoms with E-state index in [-0.39, 0.29) is 0 Å². The molecule has 3 aromatic rings. The van der Waals surface area contributed by atoms with Gasteiger partial charge in [-0.05, 0) is 74.5 Å². The monoisotopic (exact) mass is 360 g/mol. The van der Waals surface area contributed by atoms with Gasteiger partial charge in [0.15, 0.2) is 0 Å². The third-order valence-corrected chi connectivity index (χ3v) is 6.47. The Morgan fingerprint density at radius 2 is 1.81 bits per heavy atom. The smallest absolute Gasteiger partial charge is 0.0491 e. The molecule has 0 amide bonds. The second-order valence-electron chi connectivity index (χ2n) is 8.35. The zero-order valence-corrected chi connectivity index (χ0v) is 17.5. The van der Waals surface area contributed by atoms with Crippen LogP contribution in [0.5, 0.6) is 0 Å². The lowest BCUT2D eigenvalue weighted by atomic mass is 9.97. The minimum Gasteiger partial charge on any atom is -0.344 e. The normalized spacial score (nSPS) is 17.4. The van der Waals surface area contributed by atoms with Gasteiger partial charge in [0, 0.05) is 42.1 Å². The van der Waals surface area contributed by atoms with E-state index >= 15 is 0 Å². The fraction of sp³-hybridized carbons (Fsp3) is 0.440. The van der Waals surface area contributed by atoms with Crippen molar-refractivity contribution in [2.45, 2.75) is 66.6 Å². The molecule has 1 atom stereocenters. The van der Waals surface area contributed by atoms with Gasteiger partial charge >= 0.3 is 0 Å². The molecule has 0 spiro atoms. The second kappa shape index (κ2) is 7.16. The van der Waals surface area contributed by atoms with E-state index in [0.29, 0.717) is 6.04 Å². The minimum absolute atomic E-state index is 0.616. The van der Waals surface area contributed by atoms with Crippen molar-refractivity contribution in [3.8, 4) is 0 Å². The number of nitrogens with zero attached hydrogens (tertiary/aromatic N) is 2. The van der Waals surface area contributed by atoms with E-state index in [2.05, 4.69) is 80.5 Å². The molecule has 0 saturated carbocycles. The second-order valence-corrected chi connectivity index (χ2v) is 8.35. The van der Waals surface area contributed by atoms with Crippen LogP contribution in [0.15, 0.2) is 36.4 Å². The lowest BCUT2D eigenvalue weighted by Gasteiger charge is -2.33. The van der Waals surface area contributed by atoms with Crippen LogP contribution < -0.4 is 0 Å². The predicted molar refractivity (Wildman–Crippen MR) is 116 cm³/mol. The van der Waals surface area contributed by atoms with Crippen LogP contribution in [0, 0.1) is 20.8 Å². The van der Waals surface area contributed by atoms with Crippen LogP contribution in [0.2, 0.25) is 0 Å². The first-order valence-corrected chi connectivity index (χ1v) is 10.4. The summed E-state index contributed by atoms with van der Waals surface area (Å²) in [5.74, 6) is 0. The first-order chi connectivity index (χ1) is 13.0. The Morgan fingerprint density at radius 1 is 1.04 bits per heavy atom. The molecule has 0 saturated heterocycles. The summed E-state index contributed by atoms with van der Waals surface area (Å²) in [6.07, 6.45) is 2.26. The van der Waals surface area contributed by atoms with Gasteiger partial charge in [-0.1, -0.05) is 37.3 Å². The van der Waals surface area contributed by atoms with E-state index < -0.39 is 0 Å². The lowest BCUT2D eigenvalue weighted by Crippen LogP contribution is -2.38. The van der Waals surface area contributed by atoms with Crippen molar-refractivity contribution in [1.82, 2.24) is 9.47 Å². The van der Waals surface area contributed by atoms with Gasteiger partial charge in [0.05, 0.1) is 0 Å². The molecule has 0 aliphatic carbocycles. The van der Waals surface area contributed by atoms with Crippen LogP contribution in [-0.2, 0) is 25.9 Å². The summed E-state index contributed by atoms with van der Waals surface area (Å²) in [6.45, 7) is 14.7. The molecule has 2 nitrogen and oxygen atoms in total. The molecule has 27 heavy (non-hydrogen) atoms. The van der Waals surface area contributed by atoms with Gasteiger partial charge < -0.3 is 4.57 Å². The fourth-order valence-corrected chi connectivity index (χ4v) is 4.98. The molecule has 142 valence electrons. The van der Waals surface area contributed by atoms with Crippen LogP contribution in [-0.4, -0.2) is 22.1 Å². The molecule has 0 radical (unpaired) electrons. The number of hydrogen-bond acceptors (Lipinski definition) is 1. The third kappa shape index (κ3) is 3.21. The first kappa shape index (κ1) is 18.3. The molecule has 1 unspecified atom stereocenters. The van der Waals surface area contributed by atoms with Crippen LogP contribution in [0.25, 0.3) is 10.9 Å². The number of aryl methyl sites for hydroxylation is 5. The summed E-state index contributed by atoms with van der Waals surface area (Å²) in [6, 6.07) is 14.2. The fourth-order valence-electron chi connectivity index (χ4n) is 4.98. The van der Waals surface area contributed by atoms with Gasteiger partial charge in [0.1, 0.15) is 0 Å². The number of hydrogen-bond donors (Lipinski definition) is 0. The summed E-state index contributed by atoms with van der Waals surface area (Å²) >= 11 is 0. The first-order valence-electron chi connectivity index (χ1n) is 10.4. The highest BCUT2D eigenvalue weighted by Crippen LogP contribution is 2.35. The average molecular weight is 361 g/mol. The van der Waals surface area contributed by atoms with Crippen molar-refractivity contribution >= 4 is 10.9 Å². The largest absolute Gasteiger partial charge is 0.344 e. The Kier molecular flexibility index (Phi) is 4.86. The van der Waals surface area contributed by atoms with Crippen LogP contribution in [0.4, 0.5) is 0 Å². The van der Waals surface area contributed by atoms with E-state index in [9.17, 15) is 0 Å². The van der Waals surface area contributed by atoms with Crippen molar-refractivity contribution in [2.75, 3.05) is 6.54 Å². The van der Waals surface area contributed by atoms with Crippen LogP contribution >= 0.6 is 0 Å². The molecule has 4 rings (SSSR count). The molecule has 1 aromatic heterocycles. The van der Waals surface area contributed by atoms with Crippen molar-refractivity contribution in [1.29, 1.82) is 0 Å². The SMILES string of the molecule is CCN1Cc2c(n(CCc3ccccc3C)c3cc(C)cc(C)c23)CC1C. The Morgan fingerprint density at radius 3 is 2.56 bits per heavy atom. The Balaban J connectivity index is 1.82. The van der Waals surface area contributed by atoms with E-state index in [1.54, 1.807) is 11.3 Å². The summed E-state index contributed by atoms with van der Waals surface area (Å²) in [5.41, 5.74) is 10.3. The maximum atomic E-state index is 2.64. The highest BCUT2D eigenvalue weighted by molar-refractivity contribution is 5.89. The number of fused-ring (bicyclic) bond motifs is 3. The standard InChI is InChI=1S/C25H32N2/c1-6-26-16-22-23(15-20(26)5)27(12-11-21-10-8-7-9-18(21)3)24-14-17(2)13-19(4)25(22)24/h7-10,13-14,20H,6,11-12,15-16H2,1-5H3. The Labute approximate surface area is 163 Å². The van der Waals surface area contributed by atoms with Crippen LogP contribution in [0.3, 0.4) is 0 Å². The molecule has 0 N–H and O–H groups in total. The van der Waals surface area contributed by atoms with Gasteiger partial charge in [-0.3, -0.25) is 4.90 Å². The Bertz CT molecular complexity index is 980. The van der Waals surface area contributed by atoms with Gasteiger partial charge in [0.2, 0.25) is 0 Å². The molecule has 1 aliphatic heterocycles. The summed E-state index contributed by atoms with van der Waals surface area (Å²) in [5, 5.41) is 1.51. The van der Waals surface area contributed by atoms with E-state index in [0.717, 1.165) is 32.5 Å². The lowest BCUT2D eigenvalue weighted by molar-refractivity contribution is 0.192. The van der Waals surface area contributed by atoms with Gasteiger partial charge in [-0.2, -0.15) is 0 Å². The molecule has 1 aliphatic rings.